The third-order valence-corrected chi connectivity index (χ3v) is 6.24. The van der Waals surface area contributed by atoms with Gasteiger partial charge in [-0.3, -0.25) is 4.79 Å². The largest absolute Gasteiger partial charge is 0.454 e. The molecule has 0 spiro atoms. The fourth-order valence-corrected chi connectivity index (χ4v) is 3.67. The number of nitrogens with zero attached hydrogens (tertiary/aromatic N) is 2. The Morgan fingerprint density at radius 2 is 1.67 bits per heavy atom. The van der Waals surface area contributed by atoms with E-state index in [1.54, 1.807) is 0 Å². The second kappa shape index (κ2) is 8.60. The minimum Gasteiger partial charge on any atom is -0.454 e. The first-order chi connectivity index (χ1) is 13.7. The van der Waals surface area contributed by atoms with E-state index >= 15 is 0 Å². The molecule has 0 N–H and O–H groups in total. The van der Waals surface area contributed by atoms with Gasteiger partial charge in [0.15, 0.2) is 6.61 Å². The van der Waals surface area contributed by atoms with Crippen molar-refractivity contribution in [3.05, 3.63) is 52.8 Å². The third-order valence-electron chi connectivity index (χ3n) is 4.41. The molecule has 30 heavy (non-hydrogen) atoms. The lowest BCUT2D eigenvalue weighted by molar-refractivity contribution is -0.141. The molecule has 0 radical (unpaired) electrons. The molecule has 1 aromatic carbocycles. The zero-order valence-electron chi connectivity index (χ0n) is 16.8. The van der Waals surface area contributed by atoms with E-state index in [9.17, 15) is 31.2 Å². The van der Waals surface area contributed by atoms with E-state index in [4.69, 9.17) is 4.74 Å². The predicted octanol–water partition coefficient (Wildman–Crippen LogP) is 2.96. The molecule has 2 aromatic rings. The summed E-state index contributed by atoms with van der Waals surface area (Å²) in [6, 6.07) is 6.28. The second-order valence-electron chi connectivity index (χ2n) is 6.80. The van der Waals surface area contributed by atoms with Crippen molar-refractivity contribution in [3.63, 3.8) is 0 Å². The summed E-state index contributed by atoms with van der Waals surface area (Å²) in [7, 11) is -0.916. The zero-order valence-corrected chi connectivity index (χ0v) is 17.6. The number of esters is 1. The van der Waals surface area contributed by atoms with Gasteiger partial charge in [-0.1, -0.05) is 0 Å². The molecule has 1 aromatic heterocycles. The Morgan fingerprint density at radius 3 is 2.17 bits per heavy atom. The van der Waals surface area contributed by atoms with Crippen molar-refractivity contribution in [1.82, 2.24) is 8.87 Å². The number of benzene rings is 1. The second-order valence-corrected chi connectivity index (χ2v) is 8.95. The maximum Gasteiger partial charge on any atom is 0.406 e. The summed E-state index contributed by atoms with van der Waals surface area (Å²) in [6.45, 7) is 0.954. The summed E-state index contributed by atoms with van der Waals surface area (Å²) in [5, 5.41) is 0. The Hall–Kier alpha value is -2.66. The van der Waals surface area contributed by atoms with Crippen LogP contribution in [-0.2, 0) is 21.3 Å². The number of Topliss-reactive ketones (excluding diaryl/α,β-unsaturated/α-hetero) is 1. The number of ether oxygens (including phenoxy) is 1. The van der Waals surface area contributed by atoms with Gasteiger partial charge in [0.05, 0.1) is 10.5 Å². The Kier molecular flexibility index (Phi) is 6.77. The van der Waals surface area contributed by atoms with Crippen LogP contribution in [0.15, 0.2) is 35.2 Å². The first-order valence-electron chi connectivity index (χ1n) is 8.70. The lowest BCUT2D eigenvalue weighted by Gasteiger charge is -2.12. The summed E-state index contributed by atoms with van der Waals surface area (Å²) in [5.41, 5.74) is 0.460. The van der Waals surface area contributed by atoms with E-state index in [-0.39, 0.29) is 27.4 Å². The number of aryl methyl sites for hydroxylation is 1. The van der Waals surface area contributed by atoms with Gasteiger partial charge in [-0.2, -0.15) is 13.2 Å². The molecule has 0 aliphatic carbocycles. The van der Waals surface area contributed by atoms with Crippen LogP contribution in [0.3, 0.4) is 0 Å². The number of halogens is 3. The molecule has 0 unspecified atom stereocenters. The van der Waals surface area contributed by atoms with Gasteiger partial charge in [0.2, 0.25) is 15.8 Å². The summed E-state index contributed by atoms with van der Waals surface area (Å²) in [6.07, 6.45) is -4.44. The molecule has 0 amide bonds. The van der Waals surface area contributed by atoms with E-state index < -0.39 is 41.1 Å². The van der Waals surface area contributed by atoms with Crippen LogP contribution in [0.4, 0.5) is 13.2 Å². The summed E-state index contributed by atoms with van der Waals surface area (Å²) < 4.78 is 69.0. The average molecular weight is 446 g/mol. The monoisotopic (exact) mass is 446 g/mol. The molecule has 0 bridgehead atoms. The van der Waals surface area contributed by atoms with Gasteiger partial charge in [-0.05, 0) is 44.2 Å². The molecule has 0 saturated carbocycles. The maximum atomic E-state index is 12.7. The van der Waals surface area contributed by atoms with E-state index in [1.807, 2.05) is 0 Å². The highest BCUT2D eigenvalue weighted by Gasteiger charge is 2.30. The lowest BCUT2D eigenvalue weighted by Crippen LogP contribution is -2.22. The van der Waals surface area contributed by atoms with Gasteiger partial charge in [0.25, 0.3) is 0 Å². The molecule has 7 nitrogen and oxygen atoms in total. The number of carbonyl (C=O) groups excluding carboxylic acids is 2. The molecule has 0 aliphatic heterocycles. The fraction of sp³-hybridized carbons (Fsp3) is 0.368. The first kappa shape index (κ1) is 23.6. The van der Waals surface area contributed by atoms with Gasteiger partial charge in [0.1, 0.15) is 6.54 Å². The molecule has 1 heterocycles. The molecule has 0 aliphatic rings. The number of carbonyl (C=O) groups is 2. The van der Waals surface area contributed by atoms with E-state index in [2.05, 4.69) is 0 Å². The van der Waals surface area contributed by atoms with Crippen molar-refractivity contribution in [2.45, 2.75) is 31.5 Å². The minimum atomic E-state index is -4.44. The highest BCUT2D eigenvalue weighted by atomic mass is 32.2. The van der Waals surface area contributed by atoms with E-state index in [0.717, 1.165) is 8.87 Å². The standard InChI is InChI=1S/C19H21F3N2O5S/c1-12-9-16(13(2)24(12)11-19(20,21)22)17(25)10-29-18(26)14-5-7-15(8-6-14)30(27,28)23(3)4/h5-9H,10-11H2,1-4H3. The molecule has 0 saturated heterocycles. The Labute approximate surface area is 172 Å². The number of hydrogen-bond donors (Lipinski definition) is 0. The molecular weight excluding hydrogens is 425 g/mol. The third kappa shape index (κ3) is 5.28. The molecule has 164 valence electrons. The van der Waals surface area contributed by atoms with Crippen molar-refractivity contribution >= 4 is 21.8 Å². The smallest absolute Gasteiger partial charge is 0.406 e. The molecule has 2 rings (SSSR count). The van der Waals surface area contributed by atoms with Crippen LogP contribution in [0.5, 0.6) is 0 Å². The maximum absolute atomic E-state index is 12.7. The highest BCUT2D eigenvalue weighted by Crippen LogP contribution is 2.23. The van der Waals surface area contributed by atoms with Gasteiger partial charge in [-0.25, -0.2) is 17.5 Å². The van der Waals surface area contributed by atoms with Gasteiger partial charge >= 0.3 is 12.1 Å². The molecular formula is C19H21F3N2O5S. The van der Waals surface area contributed by atoms with Crippen molar-refractivity contribution in [2.75, 3.05) is 20.7 Å². The van der Waals surface area contributed by atoms with Crippen molar-refractivity contribution < 1.29 is 35.9 Å². The van der Waals surface area contributed by atoms with Crippen LogP contribution in [0, 0.1) is 13.8 Å². The average Bonchev–Trinajstić information content (AvgIpc) is 2.92. The van der Waals surface area contributed by atoms with Crippen LogP contribution in [0.2, 0.25) is 0 Å². The van der Waals surface area contributed by atoms with E-state index in [0.29, 0.717) is 0 Å². The fourth-order valence-electron chi connectivity index (χ4n) is 2.77. The number of ketones is 1. The molecule has 0 atom stereocenters. The van der Waals surface area contributed by atoms with Crippen LogP contribution < -0.4 is 0 Å². The number of aromatic nitrogens is 1. The van der Waals surface area contributed by atoms with Crippen molar-refractivity contribution in [1.29, 1.82) is 0 Å². The first-order valence-corrected chi connectivity index (χ1v) is 10.1. The van der Waals surface area contributed by atoms with E-state index in [1.165, 1.54) is 58.3 Å². The summed E-state index contributed by atoms with van der Waals surface area (Å²) >= 11 is 0. The summed E-state index contributed by atoms with van der Waals surface area (Å²) in [5.74, 6) is -1.50. The quantitative estimate of drug-likeness (QED) is 0.482. The van der Waals surface area contributed by atoms with Crippen molar-refractivity contribution in [2.24, 2.45) is 0 Å². The number of hydrogen-bond acceptors (Lipinski definition) is 5. The van der Waals surface area contributed by atoms with Gasteiger partial charge in [-0.15, -0.1) is 0 Å². The Morgan fingerprint density at radius 1 is 1.10 bits per heavy atom. The predicted molar refractivity (Wildman–Crippen MR) is 102 cm³/mol. The topological polar surface area (TPSA) is 85.7 Å². The van der Waals surface area contributed by atoms with Gasteiger partial charge < -0.3 is 9.30 Å². The normalized spacial score (nSPS) is 12.3. The van der Waals surface area contributed by atoms with Crippen LogP contribution in [0.25, 0.3) is 0 Å². The van der Waals surface area contributed by atoms with Crippen molar-refractivity contribution in [3.8, 4) is 0 Å². The Balaban J connectivity index is 2.08. The number of alkyl halides is 3. The van der Waals surface area contributed by atoms with Crippen LogP contribution in [-0.4, -0.2) is 55.9 Å². The molecule has 11 heteroatoms. The van der Waals surface area contributed by atoms with Crippen LogP contribution in [0.1, 0.15) is 32.1 Å². The Bertz CT molecular complexity index is 1060. The summed E-state index contributed by atoms with van der Waals surface area (Å²) in [4.78, 5) is 24.5. The zero-order chi connectivity index (χ0) is 22.9. The lowest BCUT2D eigenvalue weighted by atomic mass is 10.1. The molecule has 0 fully saturated rings. The SMILES string of the molecule is Cc1cc(C(=O)COC(=O)c2ccc(S(=O)(=O)N(C)C)cc2)c(C)n1CC(F)(F)F. The van der Waals surface area contributed by atoms with Gasteiger partial charge in [0, 0.05) is 31.0 Å². The van der Waals surface area contributed by atoms with Crippen LogP contribution >= 0.6 is 0 Å². The number of rotatable bonds is 7. The minimum absolute atomic E-state index is 0.0165. The highest BCUT2D eigenvalue weighted by molar-refractivity contribution is 7.89. The number of sulfonamides is 1.